The molecule has 0 bridgehead atoms. The molecule has 3 atom stereocenters. The summed E-state index contributed by atoms with van der Waals surface area (Å²) in [4.78, 5) is 24.6. The molecular formula is C33H67N2O6P. The molecule has 1 amide bonds. The summed E-state index contributed by atoms with van der Waals surface area (Å²) in [6, 6.07) is -0.874. The number of carbonyl (C=O) groups excluding carboxylic acids is 1. The first-order valence-corrected chi connectivity index (χ1v) is 18.5. The number of amides is 1. The van der Waals surface area contributed by atoms with E-state index in [9.17, 15) is 19.4 Å². The van der Waals surface area contributed by atoms with Gasteiger partial charge in [0.05, 0.1) is 39.9 Å². The van der Waals surface area contributed by atoms with Crippen molar-refractivity contribution in [1.29, 1.82) is 0 Å². The summed E-state index contributed by atoms with van der Waals surface area (Å²) >= 11 is 0. The highest BCUT2D eigenvalue weighted by Gasteiger charge is 2.23. The van der Waals surface area contributed by atoms with Crippen LogP contribution < -0.4 is 10.2 Å². The summed E-state index contributed by atoms with van der Waals surface area (Å²) in [5.74, 6) is -0.224. The van der Waals surface area contributed by atoms with Crippen molar-refractivity contribution in [2.45, 2.75) is 154 Å². The van der Waals surface area contributed by atoms with Gasteiger partial charge in [-0.05, 0) is 19.3 Å². The monoisotopic (exact) mass is 618 g/mol. The van der Waals surface area contributed by atoms with E-state index in [2.05, 4.69) is 19.2 Å². The zero-order valence-corrected chi connectivity index (χ0v) is 28.9. The van der Waals surface area contributed by atoms with Gasteiger partial charge < -0.3 is 28.8 Å². The predicted octanol–water partition coefficient (Wildman–Crippen LogP) is 7.44. The molecule has 0 spiro atoms. The van der Waals surface area contributed by atoms with Crippen LogP contribution in [0.5, 0.6) is 0 Å². The lowest BCUT2D eigenvalue weighted by Crippen LogP contribution is -2.45. The van der Waals surface area contributed by atoms with Crippen molar-refractivity contribution in [3.8, 4) is 0 Å². The summed E-state index contributed by atoms with van der Waals surface area (Å²) < 4.78 is 22.8. The van der Waals surface area contributed by atoms with Crippen molar-refractivity contribution in [2.24, 2.45) is 0 Å². The quantitative estimate of drug-likeness (QED) is 0.0375. The number of phosphoric acid groups is 1. The number of carbonyl (C=O) groups is 1. The minimum absolute atomic E-state index is 0.0000319. The molecule has 42 heavy (non-hydrogen) atoms. The number of rotatable bonds is 30. The number of quaternary nitrogens is 1. The molecule has 9 heteroatoms. The number of aliphatic hydroxyl groups excluding tert-OH is 1. The number of allylic oxidation sites excluding steroid dienone is 1. The first-order valence-electron chi connectivity index (χ1n) is 17.1. The molecule has 250 valence electrons. The van der Waals surface area contributed by atoms with Gasteiger partial charge in [0.25, 0.3) is 7.82 Å². The first-order chi connectivity index (χ1) is 20.0. The number of unbranched alkanes of at least 4 members (excludes halogenated alkanes) is 17. The van der Waals surface area contributed by atoms with E-state index < -0.39 is 20.0 Å². The second-order valence-corrected chi connectivity index (χ2v) is 14.3. The Balaban J connectivity index is 4.29. The molecule has 0 aliphatic carbocycles. The lowest BCUT2D eigenvalue weighted by molar-refractivity contribution is -0.870. The molecule has 0 fully saturated rings. The average Bonchev–Trinajstić information content (AvgIpc) is 2.92. The van der Waals surface area contributed by atoms with E-state index in [4.69, 9.17) is 9.05 Å². The lowest BCUT2D eigenvalue weighted by Gasteiger charge is -2.29. The van der Waals surface area contributed by atoms with Crippen molar-refractivity contribution in [3.05, 3.63) is 12.2 Å². The second-order valence-electron chi connectivity index (χ2n) is 12.9. The van der Waals surface area contributed by atoms with Crippen LogP contribution in [0.3, 0.4) is 0 Å². The van der Waals surface area contributed by atoms with Gasteiger partial charge in [0.1, 0.15) is 13.2 Å². The molecule has 0 saturated heterocycles. The number of likely N-dealkylation sites (N-methyl/N-ethyl adjacent to an activating group) is 1. The van der Waals surface area contributed by atoms with Gasteiger partial charge in [-0.2, -0.15) is 0 Å². The highest BCUT2D eigenvalue weighted by atomic mass is 31.2. The maximum atomic E-state index is 12.4. The Bertz CT molecular complexity index is 713. The van der Waals surface area contributed by atoms with Crippen molar-refractivity contribution in [2.75, 3.05) is 40.9 Å². The third kappa shape index (κ3) is 28.0. The second kappa shape index (κ2) is 26.6. The molecule has 0 rings (SSSR count). The van der Waals surface area contributed by atoms with Gasteiger partial charge in [-0.25, -0.2) is 0 Å². The summed E-state index contributed by atoms with van der Waals surface area (Å²) in [6.45, 7) is 4.45. The number of nitrogens with zero attached hydrogens (tertiary/aromatic N) is 1. The zero-order chi connectivity index (χ0) is 31.5. The molecule has 0 heterocycles. The molecular weight excluding hydrogens is 551 g/mol. The van der Waals surface area contributed by atoms with E-state index in [0.717, 1.165) is 38.5 Å². The van der Waals surface area contributed by atoms with Crippen LogP contribution in [-0.4, -0.2) is 68.5 Å². The molecule has 0 aromatic carbocycles. The SMILES string of the molecule is CCCCCCCCCCCCCCCCC/C=C/C(O)C(COP(=O)([O-])OCC[N+](C)(C)C)NC(=O)CCCCC. The standard InChI is InChI=1S/C33H67N2O6P/c1-6-8-10-11-12-13-14-15-16-17-18-19-20-21-22-23-25-26-32(36)31(34-33(37)27-24-9-7-2)30-41-42(38,39)40-29-28-35(3,4)5/h25-26,31-32,36H,6-24,27-30H2,1-5H3,(H-,34,37,38,39)/b26-25+. The normalized spacial score (nSPS) is 15.1. The Morgan fingerprint density at radius 3 is 1.79 bits per heavy atom. The summed E-state index contributed by atoms with van der Waals surface area (Å²) in [6.07, 6.45) is 26.1. The van der Waals surface area contributed by atoms with Crippen LogP contribution in [0.1, 0.15) is 142 Å². The van der Waals surface area contributed by atoms with Gasteiger partial charge >= 0.3 is 0 Å². The Hall–Kier alpha value is -0.760. The lowest BCUT2D eigenvalue weighted by atomic mass is 10.0. The topological polar surface area (TPSA) is 108 Å². The maximum Gasteiger partial charge on any atom is 0.268 e. The Labute approximate surface area is 259 Å². The van der Waals surface area contributed by atoms with E-state index in [1.165, 1.54) is 83.5 Å². The minimum atomic E-state index is -4.55. The van der Waals surface area contributed by atoms with Gasteiger partial charge in [-0.15, -0.1) is 0 Å². The number of phosphoric ester groups is 1. The van der Waals surface area contributed by atoms with Crippen molar-refractivity contribution in [1.82, 2.24) is 5.32 Å². The van der Waals surface area contributed by atoms with Crippen LogP contribution in [0.4, 0.5) is 0 Å². The van der Waals surface area contributed by atoms with Crippen LogP contribution in [-0.2, 0) is 18.4 Å². The van der Waals surface area contributed by atoms with Crippen molar-refractivity contribution >= 4 is 13.7 Å². The predicted molar refractivity (Wildman–Crippen MR) is 173 cm³/mol. The van der Waals surface area contributed by atoms with E-state index in [0.29, 0.717) is 17.4 Å². The third-order valence-electron chi connectivity index (χ3n) is 7.50. The maximum absolute atomic E-state index is 12.4. The molecule has 0 aliphatic heterocycles. The van der Waals surface area contributed by atoms with Gasteiger partial charge in [0.2, 0.25) is 5.91 Å². The molecule has 0 aromatic heterocycles. The Kier molecular flexibility index (Phi) is 26.1. The van der Waals surface area contributed by atoms with Gasteiger partial charge in [-0.3, -0.25) is 9.36 Å². The van der Waals surface area contributed by atoms with E-state index in [-0.39, 0.29) is 19.1 Å². The highest BCUT2D eigenvalue weighted by molar-refractivity contribution is 7.45. The molecule has 0 radical (unpaired) electrons. The highest BCUT2D eigenvalue weighted by Crippen LogP contribution is 2.38. The third-order valence-corrected chi connectivity index (χ3v) is 8.46. The van der Waals surface area contributed by atoms with Crippen molar-refractivity contribution < 1.29 is 32.9 Å². The molecule has 2 N–H and O–H groups in total. The zero-order valence-electron chi connectivity index (χ0n) is 28.0. The average molecular weight is 619 g/mol. The molecule has 3 unspecified atom stereocenters. The van der Waals surface area contributed by atoms with Gasteiger partial charge in [-0.1, -0.05) is 129 Å². The summed E-state index contributed by atoms with van der Waals surface area (Å²) in [5, 5.41) is 13.5. The van der Waals surface area contributed by atoms with E-state index in [1.807, 2.05) is 27.2 Å². The molecule has 0 saturated carbocycles. The smallest absolute Gasteiger partial charge is 0.268 e. The van der Waals surface area contributed by atoms with Crippen LogP contribution in [0, 0.1) is 0 Å². The first kappa shape index (κ1) is 41.2. The summed E-state index contributed by atoms with van der Waals surface area (Å²) in [5.41, 5.74) is 0. The number of hydrogen-bond acceptors (Lipinski definition) is 6. The Morgan fingerprint density at radius 1 is 0.810 bits per heavy atom. The number of aliphatic hydroxyl groups is 1. The Morgan fingerprint density at radius 2 is 1.29 bits per heavy atom. The van der Waals surface area contributed by atoms with E-state index >= 15 is 0 Å². The summed E-state index contributed by atoms with van der Waals surface area (Å²) in [7, 11) is 1.26. The van der Waals surface area contributed by atoms with Gasteiger partial charge in [0, 0.05) is 6.42 Å². The fraction of sp³-hybridized carbons (Fsp3) is 0.909. The largest absolute Gasteiger partial charge is 0.756 e. The van der Waals surface area contributed by atoms with Gasteiger partial charge in [0.15, 0.2) is 0 Å². The molecule has 0 aliphatic rings. The van der Waals surface area contributed by atoms with Crippen LogP contribution in [0.25, 0.3) is 0 Å². The minimum Gasteiger partial charge on any atom is -0.756 e. The fourth-order valence-corrected chi connectivity index (χ4v) is 5.40. The molecule has 8 nitrogen and oxygen atoms in total. The van der Waals surface area contributed by atoms with Crippen LogP contribution in [0.15, 0.2) is 12.2 Å². The number of hydrogen-bond donors (Lipinski definition) is 2. The van der Waals surface area contributed by atoms with Crippen LogP contribution in [0.2, 0.25) is 0 Å². The fourth-order valence-electron chi connectivity index (χ4n) is 4.68. The number of nitrogens with one attached hydrogen (secondary N) is 1. The van der Waals surface area contributed by atoms with Crippen molar-refractivity contribution in [3.63, 3.8) is 0 Å². The van der Waals surface area contributed by atoms with E-state index in [1.54, 1.807) is 6.08 Å². The molecule has 0 aromatic rings. The van der Waals surface area contributed by atoms with Crippen LogP contribution >= 0.6 is 7.82 Å².